The van der Waals surface area contributed by atoms with Crippen LogP contribution in [0, 0.1) is 0 Å². The molecule has 122 valence electrons. The van der Waals surface area contributed by atoms with Crippen LogP contribution in [0.3, 0.4) is 0 Å². The lowest BCUT2D eigenvalue weighted by atomic mass is 9.86. The third kappa shape index (κ3) is 4.46. The van der Waals surface area contributed by atoms with E-state index in [1.165, 1.54) is 4.90 Å². The van der Waals surface area contributed by atoms with Crippen molar-refractivity contribution in [3.05, 3.63) is 37.1 Å². The highest BCUT2D eigenvalue weighted by Gasteiger charge is 2.41. The van der Waals surface area contributed by atoms with Gasteiger partial charge in [-0.15, -0.1) is 0 Å². The van der Waals surface area contributed by atoms with Crippen molar-refractivity contribution in [3.8, 4) is 0 Å². The lowest BCUT2D eigenvalue weighted by Crippen LogP contribution is -2.61. The lowest BCUT2D eigenvalue weighted by molar-refractivity contribution is -0.141. The van der Waals surface area contributed by atoms with Crippen molar-refractivity contribution in [1.82, 2.24) is 20.9 Å². The van der Waals surface area contributed by atoms with Gasteiger partial charge in [-0.05, 0) is 38.1 Å². The second-order valence-electron chi connectivity index (χ2n) is 5.35. The number of allylic oxidation sites excluding steroid dienone is 3. The van der Waals surface area contributed by atoms with E-state index in [1.54, 1.807) is 32.3 Å². The Bertz CT molecular complexity index is 465. The Morgan fingerprint density at radius 2 is 1.95 bits per heavy atom. The summed E-state index contributed by atoms with van der Waals surface area (Å²) >= 11 is 0. The second kappa shape index (κ2) is 8.38. The van der Waals surface area contributed by atoms with Gasteiger partial charge in [0.1, 0.15) is 5.54 Å². The fourth-order valence-electron chi connectivity index (χ4n) is 2.54. The maximum Gasteiger partial charge on any atom is 0.248 e. The molecule has 0 aromatic carbocycles. The standard InChI is InChI=1S/C16H26N4O2/c1-5-7-13(6-2)19-16(8-10-18-11-9-16)15(22)20(4)12-14(21)17-3/h5-7,18-19H,1-2,8-12H2,3-4H3,(H,17,21)/b13-7+. The van der Waals surface area contributed by atoms with Gasteiger partial charge in [0.15, 0.2) is 0 Å². The Kier molecular flexibility index (Phi) is 6.85. The molecule has 6 nitrogen and oxygen atoms in total. The van der Waals surface area contributed by atoms with E-state index < -0.39 is 5.54 Å². The zero-order valence-corrected chi connectivity index (χ0v) is 13.4. The predicted molar refractivity (Wildman–Crippen MR) is 88.2 cm³/mol. The molecule has 0 atom stereocenters. The number of likely N-dealkylation sites (N-methyl/N-ethyl adjacent to an activating group) is 2. The van der Waals surface area contributed by atoms with E-state index >= 15 is 0 Å². The zero-order chi connectivity index (χ0) is 16.6. The molecule has 1 aliphatic rings. The van der Waals surface area contributed by atoms with E-state index in [9.17, 15) is 9.59 Å². The first kappa shape index (κ1) is 18.0. The number of piperidine rings is 1. The molecule has 0 spiro atoms. The van der Waals surface area contributed by atoms with E-state index in [4.69, 9.17) is 0 Å². The minimum atomic E-state index is -0.725. The summed E-state index contributed by atoms with van der Waals surface area (Å²) in [5, 5.41) is 9.09. The fourth-order valence-corrected chi connectivity index (χ4v) is 2.54. The number of amides is 2. The van der Waals surface area contributed by atoms with Crippen molar-refractivity contribution in [1.29, 1.82) is 0 Å². The number of hydrogen-bond acceptors (Lipinski definition) is 4. The first-order valence-electron chi connectivity index (χ1n) is 7.39. The Hall–Kier alpha value is -2.08. The van der Waals surface area contributed by atoms with Crippen LogP contribution in [0.2, 0.25) is 0 Å². The first-order chi connectivity index (χ1) is 10.5. The van der Waals surface area contributed by atoms with Gasteiger partial charge in [-0.2, -0.15) is 0 Å². The van der Waals surface area contributed by atoms with E-state index in [-0.39, 0.29) is 18.4 Å². The molecule has 0 aromatic heterocycles. The van der Waals surface area contributed by atoms with Crippen molar-refractivity contribution in [2.45, 2.75) is 18.4 Å². The van der Waals surface area contributed by atoms with Crippen LogP contribution in [0.25, 0.3) is 0 Å². The summed E-state index contributed by atoms with van der Waals surface area (Å²) in [6.45, 7) is 8.95. The maximum atomic E-state index is 12.9. The second-order valence-corrected chi connectivity index (χ2v) is 5.35. The molecule has 0 radical (unpaired) electrons. The molecule has 0 aliphatic carbocycles. The van der Waals surface area contributed by atoms with Gasteiger partial charge in [-0.25, -0.2) is 0 Å². The number of carbonyl (C=O) groups excluding carboxylic acids is 2. The highest BCUT2D eigenvalue weighted by atomic mass is 16.2. The number of nitrogens with one attached hydrogen (secondary N) is 3. The molecule has 22 heavy (non-hydrogen) atoms. The van der Waals surface area contributed by atoms with Gasteiger partial charge in [-0.3, -0.25) is 9.59 Å². The van der Waals surface area contributed by atoms with Gasteiger partial charge in [0, 0.05) is 19.8 Å². The van der Waals surface area contributed by atoms with Gasteiger partial charge in [0.25, 0.3) is 0 Å². The summed E-state index contributed by atoms with van der Waals surface area (Å²) < 4.78 is 0. The predicted octanol–water partition coefficient (Wildman–Crippen LogP) is 0.159. The molecule has 0 aromatic rings. The van der Waals surface area contributed by atoms with Gasteiger partial charge in [0.05, 0.1) is 6.54 Å². The van der Waals surface area contributed by atoms with Crippen molar-refractivity contribution < 1.29 is 9.59 Å². The molecule has 1 saturated heterocycles. The summed E-state index contributed by atoms with van der Waals surface area (Å²) in [6.07, 6.45) is 6.39. The molecule has 2 amide bonds. The van der Waals surface area contributed by atoms with Crippen LogP contribution in [-0.2, 0) is 9.59 Å². The SMILES string of the molecule is C=C/C=C(\C=C)NC1(C(=O)N(C)CC(=O)NC)CCNCC1. The normalized spacial score (nSPS) is 17.3. The van der Waals surface area contributed by atoms with Crippen molar-refractivity contribution in [3.63, 3.8) is 0 Å². The van der Waals surface area contributed by atoms with E-state index in [0.717, 1.165) is 18.8 Å². The molecular formula is C16H26N4O2. The molecule has 1 heterocycles. The summed E-state index contributed by atoms with van der Waals surface area (Å²) in [5.41, 5.74) is 0.0236. The number of carbonyl (C=O) groups is 2. The highest BCUT2D eigenvalue weighted by Crippen LogP contribution is 2.23. The summed E-state index contributed by atoms with van der Waals surface area (Å²) in [4.78, 5) is 25.9. The van der Waals surface area contributed by atoms with Gasteiger partial charge in [-0.1, -0.05) is 19.2 Å². The third-order valence-electron chi connectivity index (χ3n) is 3.77. The summed E-state index contributed by atoms with van der Waals surface area (Å²) in [5.74, 6) is -0.278. The number of hydrogen-bond donors (Lipinski definition) is 3. The van der Waals surface area contributed by atoms with E-state index in [0.29, 0.717) is 12.8 Å². The van der Waals surface area contributed by atoms with Crippen molar-refractivity contribution >= 4 is 11.8 Å². The Morgan fingerprint density at radius 1 is 1.32 bits per heavy atom. The molecule has 1 aliphatic heterocycles. The van der Waals surface area contributed by atoms with Gasteiger partial charge < -0.3 is 20.9 Å². The molecular weight excluding hydrogens is 280 g/mol. The van der Waals surface area contributed by atoms with Gasteiger partial charge in [0.2, 0.25) is 11.8 Å². The zero-order valence-electron chi connectivity index (χ0n) is 13.4. The van der Waals surface area contributed by atoms with Crippen LogP contribution in [0.5, 0.6) is 0 Å². The lowest BCUT2D eigenvalue weighted by Gasteiger charge is -2.40. The Labute approximate surface area is 132 Å². The minimum absolute atomic E-state index is 0.0424. The molecule has 0 bridgehead atoms. The Balaban J connectivity index is 2.97. The van der Waals surface area contributed by atoms with Crippen LogP contribution in [0.4, 0.5) is 0 Å². The quantitative estimate of drug-likeness (QED) is 0.586. The van der Waals surface area contributed by atoms with E-state index in [1.807, 2.05) is 0 Å². The van der Waals surface area contributed by atoms with Crippen LogP contribution in [0.1, 0.15) is 12.8 Å². The van der Waals surface area contributed by atoms with Crippen LogP contribution >= 0.6 is 0 Å². The first-order valence-corrected chi connectivity index (χ1v) is 7.39. The largest absolute Gasteiger partial charge is 0.371 e. The monoisotopic (exact) mass is 306 g/mol. The molecule has 3 N–H and O–H groups in total. The number of rotatable bonds is 7. The fraction of sp³-hybridized carbons (Fsp3) is 0.500. The van der Waals surface area contributed by atoms with Crippen LogP contribution in [0.15, 0.2) is 37.1 Å². The van der Waals surface area contributed by atoms with Gasteiger partial charge >= 0.3 is 0 Å². The molecule has 6 heteroatoms. The Morgan fingerprint density at radius 3 is 2.45 bits per heavy atom. The molecule has 0 saturated carbocycles. The van der Waals surface area contributed by atoms with Crippen LogP contribution < -0.4 is 16.0 Å². The molecule has 1 rings (SSSR count). The number of nitrogens with zero attached hydrogens (tertiary/aromatic N) is 1. The average molecular weight is 306 g/mol. The smallest absolute Gasteiger partial charge is 0.248 e. The van der Waals surface area contributed by atoms with Crippen molar-refractivity contribution in [2.24, 2.45) is 0 Å². The summed E-state index contributed by atoms with van der Waals surface area (Å²) in [7, 11) is 3.20. The summed E-state index contributed by atoms with van der Waals surface area (Å²) in [6, 6.07) is 0. The van der Waals surface area contributed by atoms with Crippen molar-refractivity contribution in [2.75, 3.05) is 33.7 Å². The molecule has 0 unspecified atom stereocenters. The minimum Gasteiger partial charge on any atom is -0.371 e. The topological polar surface area (TPSA) is 73.5 Å². The third-order valence-corrected chi connectivity index (χ3v) is 3.77. The average Bonchev–Trinajstić information content (AvgIpc) is 2.54. The van der Waals surface area contributed by atoms with E-state index in [2.05, 4.69) is 29.1 Å². The van der Waals surface area contributed by atoms with Crippen LogP contribution in [-0.4, -0.2) is 56.0 Å². The maximum absolute atomic E-state index is 12.9. The molecule has 1 fully saturated rings. The highest BCUT2D eigenvalue weighted by molar-refractivity contribution is 5.90.